The van der Waals surface area contributed by atoms with Crippen LogP contribution in [0.25, 0.3) is 22.3 Å². The molecule has 0 N–H and O–H groups in total. The zero-order chi connectivity index (χ0) is 31.5. The fourth-order valence-electron chi connectivity index (χ4n) is 12.7. The lowest BCUT2D eigenvalue weighted by Gasteiger charge is -2.53. The molecule has 5 atom stereocenters. The van der Waals surface area contributed by atoms with E-state index < -0.39 is 0 Å². The Bertz CT molecular complexity index is 2060. The predicted octanol–water partition coefficient (Wildman–Crippen LogP) is 12.5. The molecule has 0 heterocycles. The zero-order valence-corrected chi connectivity index (χ0v) is 28.0. The zero-order valence-electron chi connectivity index (χ0n) is 28.0. The molecule has 4 bridgehead atoms. The van der Waals surface area contributed by atoms with Crippen molar-refractivity contribution >= 4 is 17.1 Å². The Balaban J connectivity index is 1.11. The number of fused-ring (bicyclic) bond motifs is 9. The van der Waals surface area contributed by atoms with E-state index in [9.17, 15) is 0 Å². The van der Waals surface area contributed by atoms with Crippen molar-refractivity contribution in [3.05, 3.63) is 138 Å². The van der Waals surface area contributed by atoms with Crippen molar-refractivity contribution in [3.63, 3.8) is 0 Å². The Kier molecular flexibility index (Phi) is 5.91. The minimum atomic E-state index is 0.144. The highest BCUT2D eigenvalue weighted by Crippen LogP contribution is 2.68. The van der Waals surface area contributed by atoms with Crippen LogP contribution in [0, 0.1) is 23.7 Å². The van der Waals surface area contributed by atoms with Crippen molar-refractivity contribution < 1.29 is 0 Å². The van der Waals surface area contributed by atoms with E-state index >= 15 is 0 Å². The molecule has 0 saturated heterocycles. The minimum absolute atomic E-state index is 0.144. The molecule has 12 rings (SSSR count). The lowest BCUT2D eigenvalue weighted by Crippen LogP contribution is -2.48. The molecular weight excluding hydrogens is 579 g/mol. The van der Waals surface area contributed by atoms with Crippen molar-refractivity contribution in [2.45, 2.75) is 81.5 Å². The molecule has 7 aliphatic rings. The van der Waals surface area contributed by atoms with Crippen molar-refractivity contribution in [1.82, 2.24) is 0 Å². The van der Waals surface area contributed by atoms with Gasteiger partial charge in [0.05, 0.1) is 0 Å². The van der Waals surface area contributed by atoms with Crippen LogP contribution in [0.4, 0.5) is 17.1 Å². The first-order chi connectivity index (χ1) is 23.7. The summed E-state index contributed by atoms with van der Waals surface area (Å²) in [6.07, 6.45) is 15.1. The molecule has 0 amide bonds. The Morgan fingerprint density at radius 1 is 0.438 bits per heavy atom. The fraction of sp³-hybridized carbons (Fsp3) is 0.362. The van der Waals surface area contributed by atoms with E-state index in [0.717, 1.165) is 23.7 Å². The first-order valence-corrected chi connectivity index (χ1v) is 19.1. The van der Waals surface area contributed by atoms with Crippen LogP contribution in [-0.4, -0.2) is 0 Å². The van der Waals surface area contributed by atoms with Gasteiger partial charge >= 0.3 is 0 Å². The van der Waals surface area contributed by atoms with E-state index in [1.165, 1.54) is 110 Å². The number of anilines is 3. The molecule has 0 aliphatic heterocycles. The van der Waals surface area contributed by atoms with Crippen LogP contribution < -0.4 is 4.90 Å². The van der Waals surface area contributed by atoms with Crippen LogP contribution in [0.1, 0.15) is 92.9 Å². The van der Waals surface area contributed by atoms with Crippen molar-refractivity contribution in [1.29, 1.82) is 0 Å². The molecule has 1 nitrogen and oxygen atoms in total. The van der Waals surface area contributed by atoms with E-state index in [1.54, 1.807) is 22.3 Å². The van der Waals surface area contributed by atoms with Gasteiger partial charge in [-0.25, -0.2) is 0 Å². The van der Waals surface area contributed by atoms with Gasteiger partial charge in [0.2, 0.25) is 0 Å². The van der Waals surface area contributed by atoms with Gasteiger partial charge in [-0.05, 0) is 150 Å². The van der Waals surface area contributed by atoms with Crippen molar-refractivity contribution in [2.75, 3.05) is 4.90 Å². The van der Waals surface area contributed by atoms with Gasteiger partial charge in [0, 0.05) is 27.9 Å². The molecule has 238 valence electrons. The number of benzene rings is 5. The lowest BCUT2D eigenvalue weighted by atomic mass is 9.51. The SMILES string of the molecule is c1ccc(N(c2ccc3c(c2)C2(CCCCC2)c2ccccc2-3)c2ccc3c(c2)C2(c4ccccc4-3)C3CCC4CC(C3)CC2C4)cc1. The monoisotopic (exact) mass is 623 g/mol. The van der Waals surface area contributed by atoms with Gasteiger partial charge in [0.1, 0.15) is 0 Å². The predicted molar refractivity (Wildman–Crippen MR) is 198 cm³/mol. The van der Waals surface area contributed by atoms with Crippen molar-refractivity contribution in [3.8, 4) is 22.3 Å². The normalized spacial score (nSPS) is 28.2. The van der Waals surface area contributed by atoms with Crippen molar-refractivity contribution in [2.24, 2.45) is 23.7 Å². The Morgan fingerprint density at radius 3 is 1.83 bits per heavy atom. The summed E-state index contributed by atoms with van der Waals surface area (Å²) in [7, 11) is 0. The summed E-state index contributed by atoms with van der Waals surface area (Å²) in [5.74, 6) is 3.38. The summed E-state index contributed by atoms with van der Waals surface area (Å²) < 4.78 is 0. The van der Waals surface area contributed by atoms with Crippen LogP contribution in [0.5, 0.6) is 0 Å². The number of rotatable bonds is 3. The quantitative estimate of drug-likeness (QED) is 0.193. The molecule has 7 aliphatic carbocycles. The smallest absolute Gasteiger partial charge is 0.0465 e. The topological polar surface area (TPSA) is 3.24 Å². The van der Waals surface area contributed by atoms with Gasteiger partial charge in [-0.2, -0.15) is 0 Å². The maximum atomic E-state index is 2.67. The third-order valence-corrected chi connectivity index (χ3v) is 14.3. The highest BCUT2D eigenvalue weighted by molar-refractivity contribution is 5.88. The van der Waals surface area contributed by atoms with Gasteiger partial charge in [0.15, 0.2) is 0 Å². The van der Waals surface area contributed by atoms with Gasteiger partial charge < -0.3 is 4.90 Å². The number of para-hydroxylation sites is 1. The van der Waals surface area contributed by atoms with Crippen LogP contribution in [0.3, 0.4) is 0 Å². The number of hydrogen-bond donors (Lipinski definition) is 0. The summed E-state index contributed by atoms with van der Waals surface area (Å²) >= 11 is 0. The fourth-order valence-corrected chi connectivity index (χ4v) is 12.7. The molecule has 0 aromatic heterocycles. The molecule has 5 saturated carbocycles. The third kappa shape index (κ3) is 3.63. The summed E-state index contributed by atoms with van der Waals surface area (Å²) in [6, 6.07) is 45.1. The van der Waals surface area contributed by atoms with Crippen LogP contribution >= 0.6 is 0 Å². The van der Waals surface area contributed by atoms with Gasteiger partial charge in [-0.1, -0.05) is 105 Å². The third-order valence-electron chi connectivity index (χ3n) is 14.3. The Hall–Kier alpha value is -4.10. The van der Waals surface area contributed by atoms with E-state index in [-0.39, 0.29) is 10.8 Å². The lowest BCUT2D eigenvalue weighted by molar-refractivity contribution is 0.0618. The number of hydrogen-bond acceptors (Lipinski definition) is 1. The summed E-state index contributed by atoms with van der Waals surface area (Å²) in [5, 5.41) is 0. The summed E-state index contributed by atoms with van der Waals surface area (Å²) in [4.78, 5) is 2.58. The first-order valence-electron chi connectivity index (χ1n) is 19.1. The van der Waals surface area contributed by atoms with E-state index in [2.05, 4.69) is 120 Å². The average molecular weight is 624 g/mol. The molecular formula is C47H45N. The Labute approximate surface area is 286 Å². The van der Waals surface area contributed by atoms with Crippen LogP contribution in [0.2, 0.25) is 0 Å². The van der Waals surface area contributed by atoms with E-state index in [4.69, 9.17) is 0 Å². The highest BCUT2D eigenvalue weighted by atomic mass is 15.1. The molecule has 5 aromatic carbocycles. The summed E-state index contributed by atoms with van der Waals surface area (Å²) in [6.45, 7) is 0. The van der Waals surface area contributed by atoms with Crippen LogP contribution in [0.15, 0.2) is 115 Å². The Morgan fingerprint density at radius 2 is 1.04 bits per heavy atom. The van der Waals surface area contributed by atoms with Gasteiger partial charge in [-0.3, -0.25) is 0 Å². The maximum absolute atomic E-state index is 2.67. The molecule has 0 radical (unpaired) electrons. The molecule has 48 heavy (non-hydrogen) atoms. The average Bonchev–Trinajstić information content (AvgIpc) is 3.46. The van der Waals surface area contributed by atoms with E-state index in [0.29, 0.717) is 0 Å². The standard InChI is InChI=1S/C47H45N/c1-3-11-35(12-4-1)48(36-19-21-40-38-13-5-7-15-42(38)46(44(40)29-36)23-9-2-10-24-46)37-20-22-41-39-14-6-8-16-43(39)47(45(41)30-37)33-18-17-31-25-32(27-33)28-34(47)26-31/h1,3-8,11-16,19-22,29-34H,2,9-10,17-18,23-28H2. The largest absolute Gasteiger partial charge is 0.310 e. The maximum Gasteiger partial charge on any atom is 0.0465 e. The highest BCUT2D eigenvalue weighted by Gasteiger charge is 2.59. The van der Waals surface area contributed by atoms with Gasteiger partial charge in [0.25, 0.3) is 0 Å². The molecule has 5 aromatic rings. The molecule has 5 unspecified atom stereocenters. The molecule has 1 heteroatoms. The van der Waals surface area contributed by atoms with Gasteiger partial charge in [-0.15, -0.1) is 0 Å². The molecule has 2 spiro atoms. The number of nitrogens with zero attached hydrogens (tertiary/aromatic N) is 1. The second-order valence-electron chi connectivity index (χ2n) is 16.4. The summed E-state index contributed by atoms with van der Waals surface area (Å²) in [5.41, 5.74) is 16.5. The first kappa shape index (κ1) is 27.8. The van der Waals surface area contributed by atoms with E-state index in [1.807, 2.05) is 0 Å². The second kappa shape index (κ2) is 10.2. The van der Waals surface area contributed by atoms with Crippen LogP contribution in [-0.2, 0) is 10.8 Å². The molecule has 5 fully saturated rings. The minimum Gasteiger partial charge on any atom is -0.310 e. The second-order valence-corrected chi connectivity index (χ2v) is 16.4.